The molecule has 0 unspecified atom stereocenters. The molecule has 0 bridgehead atoms. The molecule has 1 aliphatic rings. The number of rotatable bonds is 8. The molecular weight excluding hydrogens is 188 g/mol. The molecule has 0 aromatic carbocycles. The van der Waals surface area contributed by atoms with Crippen LogP contribution in [0.2, 0.25) is 0 Å². The summed E-state index contributed by atoms with van der Waals surface area (Å²) in [4.78, 5) is 4.81. The van der Waals surface area contributed by atoms with Crippen molar-refractivity contribution in [2.24, 2.45) is 0 Å². The summed E-state index contributed by atoms with van der Waals surface area (Å²) in [7, 11) is 4.25. The summed E-state index contributed by atoms with van der Waals surface area (Å²) in [5.74, 6) is 0. The second-order valence-corrected chi connectivity index (χ2v) is 4.85. The van der Waals surface area contributed by atoms with Crippen molar-refractivity contribution in [3.8, 4) is 0 Å². The van der Waals surface area contributed by atoms with E-state index in [4.69, 9.17) is 5.11 Å². The van der Waals surface area contributed by atoms with Crippen LogP contribution >= 0.6 is 0 Å². The van der Waals surface area contributed by atoms with Crippen molar-refractivity contribution in [1.82, 2.24) is 9.80 Å². The summed E-state index contributed by atoms with van der Waals surface area (Å²) in [5, 5.41) is 8.87. The monoisotopic (exact) mass is 214 g/mol. The van der Waals surface area contributed by atoms with Crippen LogP contribution in [0.3, 0.4) is 0 Å². The molecule has 1 aliphatic carbocycles. The maximum absolute atomic E-state index is 8.87. The van der Waals surface area contributed by atoms with Gasteiger partial charge in [0.2, 0.25) is 0 Å². The summed E-state index contributed by atoms with van der Waals surface area (Å²) in [6.07, 6.45) is 6.31. The molecule has 90 valence electrons. The lowest BCUT2D eigenvalue weighted by Crippen LogP contribution is -2.42. The Hall–Kier alpha value is -0.120. The SMILES string of the molecule is CN(C)CCCN(CCCO)C1CCC1. The van der Waals surface area contributed by atoms with Crippen LogP contribution in [0.15, 0.2) is 0 Å². The van der Waals surface area contributed by atoms with Crippen molar-refractivity contribution in [2.75, 3.05) is 40.3 Å². The Labute approximate surface area is 94.1 Å². The van der Waals surface area contributed by atoms with E-state index in [1.165, 1.54) is 38.8 Å². The first-order valence-electron chi connectivity index (χ1n) is 6.23. The van der Waals surface area contributed by atoms with Crippen LogP contribution in [0.5, 0.6) is 0 Å². The van der Waals surface area contributed by atoms with Crippen LogP contribution < -0.4 is 0 Å². The molecule has 0 aliphatic heterocycles. The Balaban J connectivity index is 2.16. The first kappa shape index (κ1) is 12.9. The summed E-state index contributed by atoms with van der Waals surface area (Å²) in [6.45, 7) is 3.77. The van der Waals surface area contributed by atoms with Gasteiger partial charge in [0.1, 0.15) is 0 Å². The molecule has 1 saturated carbocycles. The highest BCUT2D eigenvalue weighted by molar-refractivity contribution is 4.80. The van der Waals surface area contributed by atoms with E-state index in [0.717, 1.165) is 19.0 Å². The highest BCUT2D eigenvalue weighted by atomic mass is 16.3. The van der Waals surface area contributed by atoms with Gasteiger partial charge < -0.3 is 14.9 Å². The van der Waals surface area contributed by atoms with Crippen LogP contribution in [0.1, 0.15) is 32.1 Å². The zero-order chi connectivity index (χ0) is 11.1. The number of aliphatic hydroxyl groups excluding tert-OH is 1. The standard InChI is InChI=1S/C12H26N2O/c1-13(2)8-4-9-14(10-5-11-15)12-6-3-7-12/h12,15H,3-11H2,1-2H3. The molecule has 0 heterocycles. The lowest BCUT2D eigenvalue weighted by molar-refractivity contribution is 0.112. The molecule has 0 amide bonds. The molecule has 15 heavy (non-hydrogen) atoms. The Morgan fingerprint density at radius 3 is 2.20 bits per heavy atom. The predicted molar refractivity (Wildman–Crippen MR) is 64.1 cm³/mol. The molecule has 1 N–H and O–H groups in total. The van der Waals surface area contributed by atoms with Crippen molar-refractivity contribution in [1.29, 1.82) is 0 Å². The Bertz CT molecular complexity index is 158. The fraction of sp³-hybridized carbons (Fsp3) is 1.00. The normalized spacial score (nSPS) is 17.4. The van der Waals surface area contributed by atoms with Crippen molar-refractivity contribution < 1.29 is 5.11 Å². The third-order valence-electron chi connectivity index (χ3n) is 3.25. The Morgan fingerprint density at radius 2 is 1.73 bits per heavy atom. The fourth-order valence-corrected chi connectivity index (χ4v) is 2.09. The van der Waals surface area contributed by atoms with Gasteiger partial charge in [0, 0.05) is 19.2 Å². The molecule has 0 aromatic heterocycles. The van der Waals surface area contributed by atoms with Gasteiger partial charge in [0.15, 0.2) is 0 Å². The minimum absolute atomic E-state index is 0.330. The minimum atomic E-state index is 0.330. The van der Waals surface area contributed by atoms with Crippen LogP contribution in [0, 0.1) is 0 Å². The Kier molecular flexibility index (Phi) is 6.22. The maximum Gasteiger partial charge on any atom is 0.0443 e. The van der Waals surface area contributed by atoms with Gasteiger partial charge in [-0.3, -0.25) is 0 Å². The van der Waals surface area contributed by atoms with Crippen molar-refractivity contribution in [3.05, 3.63) is 0 Å². The van der Waals surface area contributed by atoms with Crippen molar-refractivity contribution in [3.63, 3.8) is 0 Å². The van der Waals surface area contributed by atoms with Crippen molar-refractivity contribution >= 4 is 0 Å². The predicted octanol–water partition coefficient (Wildman–Crippen LogP) is 1.17. The van der Waals surface area contributed by atoms with E-state index in [1.54, 1.807) is 0 Å². The average molecular weight is 214 g/mol. The quantitative estimate of drug-likeness (QED) is 0.657. The molecule has 3 heteroatoms. The van der Waals surface area contributed by atoms with E-state index in [0.29, 0.717) is 6.61 Å². The Morgan fingerprint density at radius 1 is 1.07 bits per heavy atom. The van der Waals surface area contributed by atoms with Gasteiger partial charge in [-0.2, -0.15) is 0 Å². The summed E-state index contributed by atoms with van der Waals surface area (Å²) in [6, 6.07) is 0.818. The van der Waals surface area contributed by atoms with Crippen LogP contribution in [0.4, 0.5) is 0 Å². The summed E-state index contributed by atoms with van der Waals surface area (Å²) < 4.78 is 0. The second-order valence-electron chi connectivity index (χ2n) is 4.85. The first-order valence-corrected chi connectivity index (χ1v) is 6.23. The lowest BCUT2D eigenvalue weighted by Gasteiger charge is -2.37. The topological polar surface area (TPSA) is 26.7 Å². The highest BCUT2D eigenvalue weighted by Gasteiger charge is 2.23. The minimum Gasteiger partial charge on any atom is -0.396 e. The molecular formula is C12H26N2O. The van der Waals surface area contributed by atoms with Gasteiger partial charge >= 0.3 is 0 Å². The van der Waals surface area contributed by atoms with Gasteiger partial charge in [-0.25, -0.2) is 0 Å². The van der Waals surface area contributed by atoms with Gasteiger partial charge in [0.25, 0.3) is 0 Å². The van der Waals surface area contributed by atoms with Crippen LogP contribution in [0.25, 0.3) is 0 Å². The molecule has 1 rings (SSSR count). The van der Waals surface area contributed by atoms with E-state index in [1.807, 2.05) is 0 Å². The number of nitrogens with zero attached hydrogens (tertiary/aromatic N) is 2. The van der Waals surface area contributed by atoms with Gasteiger partial charge in [-0.1, -0.05) is 6.42 Å². The van der Waals surface area contributed by atoms with Gasteiger partial charge in [-0.15, -0.1) is 0 Å². The number of hydrogen-bond donors (Lipinski definition) is 1. The number of aliphatic hydroxyl groups is 1. The molecule has 1 fully saturated rings. The molecule has 0 atom stereocenters. The van der Waals surface area contributed by atoms with E-state index < -0.39 is 0 Å². The third-order valence-corrected chi connectivity index (χ3v) is 3.25. The maximum atomic E-state index is 8.87. The molecule has 3 nitrogen and oxygen atoms in total. The second kappa shape index (κ2) is 7.20. The van der Waals surface area contributed by atoms with Gasteiger partial charge in [0.05, 0.1) is 0 Å². The molecule has 0 saturated heterocycles. The van der Waals surface area contributed by atoms with Crippen LogP contribution in [-0.4, -0.2) is 61.3 Å². The zero-order valence-corrected chi connectivity index (χ0v) is 10.3. The van der Waals surface area contributed by atoms with Crippen LogP contribution in [-0.2, 0) is 0 Å². The molecule has 0 aromatic rings. The molecule has 0 radical (unpaired) electrons. The fourth-order valence-electron chi connectivity index (χ4n) is 2.09. The number of hydrogen-bond acceptors (Lipinski definition) is 3. The largest absolute Gasteiger partial charge is 0.396 e. The van der Waals surface area contributed by atoms with Gasteiger partial charge in [-0.05, 0) is 52.9 Å². The first-order chi connectivity index (χ1) is 7.24. The average Bonchev–Trinajstić information content (AvgIpc) is 2.10. The summed E-state index contributed by atoms with van der Waals surface area (Å²) in [5.41, 5.74) is 0. The van der Waals surface area contributed by atoms with E-state index in [-0.39, 0.29) is 0 Å². The van der Waals surface area contributed by atoms with E-state index in [9.17, 15) is 0 Å². The highest BCUT2D eigenvalue weighted by Crippen LogP contribution is 2.24. The van der Waals surface area contributed by atoms with E-state index >= 15 is 0 Å². The smallest absolute Gasteiger partial charge is 0.0443 e. The van der Waals surface area contributed by atoms with E-state index in [2.05, 4.69) is 23.9 Å². The third kappa shape index (κ3) is 4.96. The zero-order valence-electron chi connectivity index (χ0n) is 10.3. The lowest BCUT2D eigenvalue weighted by atomic mass is 9.91. The summed E-state index contributed by atoms with van der Waals surface area (Å²) >= 11 is 0. The van der Waals surface area contributed by atoms with Crippen molar-refractivity contribution in [2.45, 2.75) is 38.1 Å². The molecule has 0 spiro atoms.